The Labute approximate surface area is 116 Å². The Morgan fingerprint density at radius 3 is 2.58 bits per heavy atom. The van der Waals surface area contributed by atoms with Crippen molar-refractivity contribution >= 4 is 23.1 Å². The highest BCUT2D eigenvalue weighted by Gasteiger charge is 2.10. The van der Waals surface area contributed by atoms with Gasteiger partial charge in [-0.2, -0.15) is 0 Å². The molecule has 0 aromatic heterocycles. The van der Waals surface area contributed by atoms with Crippen molar-refractivity contribution in [3.8, 4) is 5.75 Å². The maximum Gasteiger partial charge on any atom is 0.151 e. The number of ether oxygens (including phenoxy) is 1. The molecule has 0 saturated carbocycles. The first-order valence-electron chi connectivity index (χ1n) is 5.69. The lowest BCUT2D eigenvalue weighted by molar-refractivity contribution is 0.413. The van der Waals surface area contributed by atoms with Gasteiger partial charge in [0.25, 0.3) is 0 Å². The zero-order chi connectivity index (χ0) is 13.7. The number of hydrogen-bond donors (Lipinski definition) is 2. The maximum atomic E-state index is 5.93. The van der Waals surface area contributed by atoms with E-state index < -0.39 is 0 Å². The molecule has 0 bridgehead atoms. The third-order valence-electron chi connectivity index (χ3n) is 2.55. The molecule has 5 heteroatoms. The summed E-state index contributed by atoms with van der Waals surface area (Å²) in [4.78, 5) is 4.44. The molecule has 4 nitrogen and oxygen atoms in total. The van der Waals surface area contributed by atoms with Crippen LogP contribution in [0.2, 0.25) is 5.02 Å². The van der Waals surface area contributed by atoms with E-state index in [1.807, 2.05) is 36.4 Å². The number of rotatable bonds is 3. The van der Waals surface area contributed by atoms with Gasteiger partial charge in [-0.25, -0.2) is 10.8 Å². The predicted octanol–water partition coefficient (Wildman–Crippen LogP) is 2.89. The highest BCUT2D eigenvalue weighted by molar-refractivity contribution is 6.30. The van der Waals surface area contributed by atoms with Gasteiger partial charge in [0.2, 0.25) is 0 Å². The smallest absolute Gasteiger partial charge is 0.151 e. The zero-order valence-electron chi connectivity index (χ0n) is 10.4. The van der Waals surface area contributed by atoms with E-state index in [4.69, 9.17) is 22.2 Å². The lowest BCUT2D eigenvalue weighted by Gasteiger charge is -2.11. The van der Waals surface area contributed by atoms with Crippen LogP contribution in [0.4, 0.5) is 5.69 Å². The Kier molecular flexibility index (Phi) is 4.39. The van der Waals surface area contributed by atoms with E-state index in [-0.39, 0.29) is 0 Å². The summed E-state index contributed by atoms with van der Waals surface area (Å²) in [5, 5.41) is 0.594. The molecule has 0 heterocycles. The van der Waals surface area contributed by atoms with Gasteiger partial charge in [-0.3, -0.25) is 0 Å². The molecule has 0 unspecified atom stereocenters. The number of para-hydroxylation sites is 1. The first kappa shape index (κ1) is 13.4. The van der Waals surface area contributed by atoms with Gasteiger partial charge in [-0.15, -0.1) is 0 Å². The fourth-order valence-corrected chi connectivity index (χ4v) is 1.82. The van der Waals surface area contributed by atoms with Gasteiger partial charge >= 0.3 is 0 Å². The molecule has 2 rings (SSSR count). The average Bonchev–Trinajstić information content (AvgIpc) is 2.46. The van der Waals surface area contributed by atoms with E-state index in [0.717, 1.165) is 11.3 Å². The summed E-state index contributed by atoms with van der Waals surface area (Å²) in [6.07, 6.45) is 0. The van der Waals surface area contributed by atoms with E-state index in [9.17, 15) is 0 Å². The summed E-state index contributed by atoms with van der Waals surface area (Å²) >= 11 is 5.93. The first-order valence-corrected chi connectivity index (χ1v) is 6.06. The standard InChI is InChI=1S/C14H14ClN3O/c1-19-13-9-10(15)7-8-12(13)14(18-16)17-11-5-3-2-4-6-11/h2-9H,16H2,1H3,(H,17,18). The minimum Gasteiger partial charge on any atom is -0.496 e. The lowest BCUT2D eigenvalue weighted by Crippen LogP contribution is -2.31. The van der Waals surface area contributed by atoms with Crippen LogP contribution in [0.25, 0.3) is 0 Å². The lowest BCUT2D eigenvalue weighted by atomic mass is 10.2. The summed E-state index contributed by atoms with van der Waals surface area (Å²) < 4.78 is 5.29. The molecule has 3 N–H and O–H groups in total. The quantitative estimate of drug-likeness (QED) is 0.392. The van der Waals surface area contributed by atoms with Crippen LogP contribution < -0.4 is 16.0 Å². The van der Waals surface area contributed by atoms with Crippen LogP contribution in [-0.2, 0) is 0 Å². The Morgan fingerprint density at radius 2 is 1.95 bits per heavy atom. The van der Waals surface area contributed by atoms with E-state index in [2.05, 4.69) is 10.4 Å². The number of aliphatic imine (C=N–C) groups is 1. The first-order chi connectivity index (χ1) is 9.24. The Balaban J connectivity index is 2.45. The second-order valence-electron chi connectivity index (χ2n) is 3.78. The van der Waals surface area contributed by atoms with E-state index in [1.165, 1.54) is 0 Å². The van der Waals surface area contributed by atoms with Gasteiger partial charge in [0.1, 0.15) is 5.75 Å². The molecule has 0 aliphatic carbocycles. The van der Waals surface area contributed by atoms with Gasteiger partial charge < -0.3 is 10.2 Å². The Bertz CT molecular complexity index is 584. The number of nitrogens with two attached hydrogens (primary N) is 1. The number of halogens is 1. The van der Waals surface area contributed by atoms with Crippen molar-refractivity contribution in [3.05, 3.63) is 59.1 Å². The van der Waals surface area contributed by atoms with Crippen molar-refractivity contribution in [1.82, 2.24) is 5.43 Å². The fourth-order valence-electron chi connectivity index (χ4n) is 1.66. The molecule has 0 aliphatic heterocycles. The molecule has 0 radical (unpaired) electrons. The van der Waals surface area contributed by atoms with E-state index >= 15 is 0 Å². The summed E-state index contributed by atoms with van der Waals surface area (Å²) in [6, 6.07) is 14.8. The molecule has 2 aromatic carbocycles. The molecule has 0 saturated heterocycles. The minimum atomic E-state index is 0.514. The molecule has 0 amide bonds. The van der Waals surface area contributed by atoms with Crippen LogP contribution in [0.3, 0.4) is 0 Å². The van der Waals surface area contributed by atoms with Crippen molar-refractivity contribution < 1.29 is 4.74 Å². The van der Waals surface area contributed by atoms with Crippen LogP contribution in [0, 0.1) is 0 Å². The van der Waals surface area contributed by atoms with Gasteiger partial charge in [0, 0.05) is 5.02 Å². The Morgan fingerprint density at radius 1 is 1.21 bits per heavy atom. The third-order valence-corrected chi connectivity index (χ3v) is 2.79. The molecule has 98 valence electrons. The molecule has 19 heavy (non-hydrogen) atoms. The average molecular weight is 276 g/mol. The summed E-state index contributed by atoms with van der Waals surface area (Å²) in [6.45, 7) is 0. The monoisotopic (exact) mass is 275 g/mol. The van der Waals surface area contributed by atoms with Gasteiger partial charge in [-0.1, -0.05) is 29.8 Å². The highest BCUT2D eigenvalue weighted by atomic mass is 35.5. The second kappa shape index (κ2) is 6.22. The molecule has 2 aromatic rings. The van der Waals surface area contributed by atoms with Crippen molar-refractivity contribution in [2.75, 3.05) is 7.11 Å². The molecule has 0 atom stereocenters. The van der Waals surface area contributed by atoms with Crippen LogP contribution >= 0.6 is 11.6 Å². The number of hydrazine groups is 1. The fraction of sp³-hybridized carbons (Fsp3) is 0.0714. The third kappa shape index (κ3) is 3.24. The molecule has 0 fully saturated rings. The normalized spacial score (nSPS) is 11.2. The number of hydrogen-bond acceptors (Lipinski definition) is 3. The van der Waals surface area contributed by atoms with Gasteiger partial charge in [-0.05, 0) is 30.3 Å². The van der Waals surface area contributed by atoms with Gasteiger partial charge in [0.15, 0.2) is 5.84 Å². The number of methoxy groups -OCH3 is 1. The van der Waals surface area contributed by atoms with Crippen molar-refractivity contribution in [2.45, 2.75) is 0 Å². The molecular weight excluding hydrogens is 262 g/mol. The number of amidine groups is 1. The van der Waals surface area contributed by atoms with E-state index in [1.54, 1.807) is 19.2 Å². The highest BCUT2D eigenvalue weighted by Crippen LogP contribution is 2.24. The molecule has 0 spiro atoms. The van der Waals surface area contributed by atoms with Crippen molar-refractivity contribution in [2.24, 2.45) is 10.8 Å². The van der Waals surface area contributed by atoms with Crippen molar-refractivity contribution in [3.63, 3.8) is 0 Å². The Hall–Kier alpha value is -2.04. The van der Waals surface area contributed by atoms with Crippen LogP contribution in [0.15, 0.2) is 53.5 Å². The number of benzene rings is 2. The number of nitrogens with zero attached hydrogens (tertiary/aromatic N) is 1. The molecule has 0 aliphatic rings. The maximum absolute atomic E-state index is 5.93. The molecular formula is C14H14ClN3O. The van der Waals surface area contributed by atoms with Crippen molar-refractivity contribution in [1.29, 1.82) is 0 Å². The van der Waals surface area contributed by atoms with Crippen LogP contribution in [-0.4, -0.2) is 12.9 Å². The largest absolute Gasteiger partial charge is 0.496 e. The van der Waals surface area contributed by atoms with Crippen LogP contribution in [0.1, 0.15) is 5.56 Å². The second-order valence-corrected chi connectivity index (χ2v) is 4.22. The zero-order valence-corrected chi connectivity index (χ0v) is 11.2. The SMILES string of the molecule is COc1cc(Cl)ccc1C(=Nc1ccccc1)NN. The minimum absolute atomic E-state index is 0.514. The van der Waals surface area contributed by atoms with Gasteiger partial charge in [0.05, 0.1) is 18.4 Å². The van der Waals surface area contributed by atoms with E-state index in [0.29, 0.717) is 16.6 Å². The summed E-state index contributed by atoms with van der Waals surface area (Å²) in [7, 11) is 1.58. The van der Waals surface area contributed by atoms with Crippen LogP contribution in [0.5, 0.6) is 5.75 Å². The predicted molar refractivity (Wildman–Crippen MR) is 78.0 cm³/mol. The topological polar surface area (TPSA) is 59.6 Å². The summed E-state index contributed by atoms with van der Waals surface area (Å²) in [5.74, 6) is 6.67. The number of nitrogens with one attached hydrogen (secondary N) is 1. The summed E-state index contributed by atoms with van der Waals surface area (Å²) in [5.41, 5.74) is 4.13.